The zero-order valence-electron chi connectivity index (χ0n) is 11.6. The minimum Gasteiger partial charge on any atom is -0.381 e. The topological polar surface area (TPSA) is 27.1 Å². The van der Waals surface area contributed by atoms with E-state index in [0.29, 0.717) is 11.5 Å². The van der Waals surface area contributed by atoms with Crippen LogP contribution >= 0.6 is 0 Å². The van der Waals surface area contributed by atoms with Gasteiger partial charge in [0.2, 0.25) is 0 Å². The molecule has 1 atom stereocenters. The van der Waals surface area contributed by atoms with Crippen LogP contribution in [-0.2, 0) is 17.6 Å². The number of hydrogen-bond donors (Lipinski definition) is 0. The Morgan fingerprint density at radius 2 is 2.22 bits per heavy atom. The summed E-state index contributed by atoms with van der Waals surface area (Å²) < 4.78 is 7.76. The maximum Gasteiger partial charge on any atom is 0.0566 e. The van der Waals surface area contributed by atoms with Crippen LogP contribution in [0.1, 0.15) is 56.8 Å². The smallest absolute Gasteiger partial charge is 0.0566 e. The standard InChI is InChI=1S/C15H24N2O/c1-3-15(2)7-4-14-12(10-15)11-16-17(14)13-5-8-18-9-6-13/h11,13H,3-10H2,1-2H3. The molecule has 0 bridgehead atoms. The summed E-state index contributed by atoms with van der Waals surface area (Å²) in [6, 6.07) is 0.577. The minimum absolute atomic E-state index is 0.497. The van der Waals surface area contributed by atoms with Gasteiger partial charge in [-0.05, 0) is 43.1 Å². The van der Waals surface area contributed by atoms with Gasteiger partial charge in [0.25, 0.3) is 0 Å². The van der Waals surface area contributed by atoms with Crippen LogP contribution in [0.3, 0.4) is 0 Å². The molecule has 0 N–H and O–H groups in total. The largest absolute Gasteiger partial charge is 0.381 e. The van der Waals surface area contributed by atoms with Gasteiger partial charge in [0.15, 0.2) is 0 Å². The lowest BCUT2D eigenvalue weighted by molar-refractivity contribution is 0.0650. The van der Waals surface area contributed by atoms with E-state index >= 15 is 0 Å². The summed E-state index contributed by atoms with van der Waals surface area (Å²) in [5, 5.41) is 4.68. The number of hydrogen-bond acceptors (Lipinski definition) is 2. The number of rotatable bonds is 2. The van der Waals surface area contributed by atoms with Crippen molar-refractivity contribution in [2.45, 2.75) is 58.4 Å². The summed E-state index contributed by atoms with van der Waals surface area (Å²) in [4.78, 5) is 0. The summed E-state index contributed by atoms with van der Waals surface area (Å²) in [6.45, 7) is 6.52. The van der Waals surface area contributed by atoms with E-state index in [-0.39, 0.29) is 0 Å². The molecule has 1 unspecified atom stereocenters. The zero-order chi connectivity index (χ0) is 12.6. The molecule has 2 heterocycles. The molecular weight excluding hydrogens is 224 g/mol. The first-order chi connectivity index (χ1) is 8.72. The van der Waals surface area contributed by atoms with Crippen molar-refractivity contribution in [3.8, 4) is 0 Å². The number of ether oxygens (including phenoxy) is 1. The molecular formula is C15H24N2O. The fourth-order valence-corrected chi connectivity index (χ4v) is 3.36. The highest BCUT2D eigenvalue weighted by molar-refractivity contribution is 5.23. The summed E-state index contributed by atoms with van der Waals surface area (Å²) in [6.07, 6.45) is 9.37. The van der Waals surface area contributed by atoms with Crippen LogP contribution in [0.25, 0.3) is 0 Å². The zero-order valence-corrected chi connectivity index (χ0v) is 11.6. The van der Waals surface area contributed by atoms with Crippen LogP contribution in [0.15, 0.2) is 6.20 Å². The second-order valence-corrected chi connectivity index (χ2v) is 6.25. The molecule has 0 aromatic carbocycles. The molecule has 3 heteroatoms. The molecule has 1 aromatic rings. The molecule has 100 valence electrons. The first kappa shape index (κ1) is 12.2. The minimum atomic E-state index is 0.497. The van der Waals surface area contributed by atoms with E-state index in [4.69, 9.17) is 4.74 Å². The average molecular weight is 248 g/mol. The van der Waals surface area contributed by atoms with E-state index in [9.17, 15) is 0 Å². The van der Waals surface area contributed by atoms with Gasteiger partial charge in [0.05, 0.1) is 12.2 Å². The van der Waals surface area contributed by atoms with Crippen LogP contribution in [-0.4, -0.2) is 23.0 Å². The molecule has 0 saturated carbocycles. The molecule has 0 radical (unpaired) electrons. The van der Waals surface area contributed by atoms with Gasteiger partial charge in [-0.15, -0.1) is 0 Å². The molecule has 18 heavy (non-hydrogen) atoms. The fraction of sp³-hybridized carbons (Fsp3) is 0.800. The maximum atomic E-state index is 5.45. The second-order valence-electron chi connectivity index (χ2n) is 6.25. The first-order valence-electron chi connectivity index (χ1n) is 7.35. The molecule has 3 rings (SSSR count). The SMILES string of the molecule is CCC1(C)CCc2c(cnn2C2CCOCC2)C1. The Labute approximate surface area is 110 Å². The highest BCUT2D eigenvalue weighted by Crippen LogP contribution is 2.38. The summed E-state index contributed by atoms with van der Waals surface area (Å²) in [5.41, 5.74) is 3.50. The predicted molar refractivity (Wildman–Crippen MR) is 71.7 cm³/mol. The molecule has 0 amide bonds. The van der Waals surface area contributed by atoms with Crippen molar-refractivity contribution >= 4 is 0 Å². The van der Waals surface area contributed by atoms with Gasteiger partial charge < -0.3 is 4.74 Å². The van der Waals surface area contributed by atoms with Crippen molar-refractivity contribution in [3.05, 3.63) is 17.5 Å². The highest BCUT2D eigenvalue weighted by atomic mass is 16.5. The van der Waals surface area contributed by atoms with Gasteiger partial charge in [-0.2, -0.15) is 5.10 Å². The lowest BCUT2D eigenvalue weighted by Gasteiger charge is -2.34. The lowest BCUT2D eigenvalue weighted by Crippen LogP contribution is -2.28. The fourth-order valence-electron chi connectivity index (χ4n) is 3.36. The Bertz CT molecular complexity index is 420. The predicted octanol–water partition coefficient (Wildman–Crippen LogP) is 3.14. The molecule has 3 nitrogen and oxygen atoms in total. The molecule has 2 aliphatic rings. The van der Waals surface area contributed by atoms with Gasteiger partial charge in [-0.25, -0.2) is 0 Å². The molecule has 1 aliphatic carbocycles. The average Bonchev–Trinajstić information content (AvgIpc) is 2.82. The molecule has 1 fully saturated rings. The van der Waals surface area contributed by atoms with E-state index < -0.39 is 0 Å². The summed E-state index contributed by atoms with van der Waals surface area (Å²) in [7, 11) is 0. The van der Waals surface area contributed by atoms with Crippen molar-refractivity contribution in [3.63, 3.8) is 0 Å². The van der Waals surface area contributed by atoms with E-state index in [0.717, 1.165) is 26.1 Å². The monoisotopic (exact) mass is 248 g/mol. The lowest BCUT2D eigenvalue weighted by atomic mass is 9.73. The highest BCUT2D eigenvalue weighted by Gasteiger charge is 2.32. The van der Waals surface area contributed by atoms with Gasteiger partial charge in [-0.1, -0.05) is 20.3 Å². The molecule has 1 aliphatic heterocycles. The van der Waals surface area contributed by atoms with Crippen molar-refractivity contribution in [2.75, 3.05) is 13.2 Å². The Morgan fingerprint density at radius 3 is 2.94 bits per heavy atom. The Morgan fingerprint density at radius 1 is 1.44 bits per heavy atom. The van der Waals surface area contributed by atoms with E-state index in [1.165, 1.54) is 36.9 Å². The Hall–Kier alpha value is -0.830. The number of aromatic nitrogens is 2. The van der Waals surface area contributed by atoms with Crippen LogP contribution in [0.5, 0.6) is 0 Å². The quantitative estimate of drug-likeness (QED) is 0.804. The van der Waals surface area contributed by atoms with E-state index in [2.05, 4.69) is 29.8 Å². The molecule has 1 saturated heterocycles. The Balaban J connectivity index is 1.83. The van der Waals surface area contributed by atoms with Gasteiger partial charge in [0.1, 0.15) is 0 Å². The third kappa shape index (κ3) is 2.09. The van der Waals surface area contributed by atoms with Crippen LogP contribution in [0.4, 0.5) is 0 Å². The van der Waals surface area contributed by atoms with Crippen LogP contribution < -0.4 is 0 Å². The van der Waals surface area contributed by atoms with Crippen LogP contribution in [0, 0.1) is 5.41 Å². The summed E-state index contributed by atoms with van der Waals surface area (Å²) in [5.74, 6) is 0. The van der Waals surface area contributed by atoms with E-state index in [1.807, 2.05) is 0 Å². The third-order valence-electron chi connectivity index (χ3n) is 4.96. The Kier molecular flexibility index (Phi) is 3.18. The first-order valence-corrected chi connectivity index (χ1v) is 7.35. The van der Waals surface area contributed by atoms with Crippen molar-refractivity contribution < 1.29 is 4.74 Å². The second kappa shape index (κ2) is 4.69. The van der Waals surface area contributed by atoms with Gasteiger partial charge in [0, 0.05) is 18.9 Å². The molecule has 1 aromatic heterocycles. The van der Waals surface area contributed by atoms with Crippen molar-refractivity contribution in [1.82, 2.24) is 9.78 Å². The van der Waals surface area contributed by atoms with Gasteiger partial charge in [-0.3, -0.25) is 4.68 Å². The summed E-state index contributed by atoms with van der Waals surface area (Å²) >= 11 is 0. The molecule has 0 spiro atoms. The number of nitrogens with zero attached hydrogens (tertiary/aromatic N) is 2. The number of fused-ring (bicyclic) bond motifs is 1. The van der Waals surface area contributed by atoms with Crippen LogP contribution in [0.2, 0.25) is 0 Å². The van der Waals surface area contributed by atoms with Crippen molar-refractivity contribution in [2.24, 2.45) is 5.41 Å². The van der Waals surface area contributed by atoms with E-state index in [1.54, 1.807) is 0 Å². The normalized spacial score (nSPS) is 29.2. The van der Waals surface area contributed by atoms with Gasteiger partial charge >= 0.3 is 0 Å². The maximum absolute atomic E-state index is 5.45. The third-order valence-corrected chi connectivity index (χ3v) is 4.96. The van der Waals surface area contributed by atoms with Crippen molar-refractivity contribution in [1.29, 1.82) is 0 Å².